The molecule has 0 spiro atoms. The van der Waals surface area contributed by atoms with Crippen LogP contribution in [0.5, 0.6) is 0 Å². The Balaban J connectivity index is 1.48. The van der Waals surface area contributed by atoms with Crippen molar-refractivity contribution >= 4 is 28.9 Å². The molecule has 0 bridgehead atoms. The van der Waals surface area contributed by atoms with Crippen molar-refractivity contribution in [3.05, 3.63) is 66.0 Å². The Bertz CT molecular complexity index is 1210. The van der Waals surface area contributed by atoms with Gasteiger partial charge in [-0.1, -0.05) is 6.07 Å². The lowest BCUT2D eigenvalue weighted by Gasteiger charge is -2.21. The number of carbonyl (C=O) groups excluding carboxylic acids is 2. The summed E-state index contributed by atoms with van der Waals surface area (Å²) in [7, 11) is 1.73. The van der Waals surface area contributed by atoms with Gasteiger partial charge in [0.2, 0.25) is 5.91 Å². The van der Waals surface area contributed by atoms with Crippen LogP contribution in [-0.4, -0.2) is 38.8 Å². The average molecular weight is 483 g/mol. The highest BCUT2D eigenvalue weighted by Crippen LogP contribution is 2.31. The molecule has 4 rings (SSSR count). The number of hydrogen-bond donors (Lipinski definition) is 3. The molecule has 1 aliphatic carbocycles. The maximum absolute atomic E-state index is 14.1. The van der Waals surface area contributed by atoms with Gasteiger partial charge in [0.15, 0.2) is 5.82 Å². The first-order valence-electron chi connectivity index (χ1n) is 11.5. The predicted molar refractivity (Wildman–Crippen MR) is 129 cm³/mol. The minimum atomic E-state index is -0.877. The van der Waals surface area contributed by atoms with Gasteiger partial charge in [-0.15, -0.1) is 0 Å². The lowest BCUT2D eigenvalue weighted by Crippen LogP contribution is -2.44. The summed E-state index contributed by atoms with van der Waals surface area (Å²) in [6.07, 6.45) is 5.26. The molecule has 35 heavy (non-hydrogen) atoms. The molecule has 2 heterocycles. The quantitative estimate of drug-likeness (QED) is 0.445. The van der Waals surface area contributed by atoms with Gasteiger partial charge in [-0.3, -0.25) is 19.3 Å². The van der Waals surface area contributed by atoms with Crippen molar-refractivity contribution in [2.24, 2.45) is 13.0 Å². The van der Waals surface area contributed by atoms with Crippen LogP contribution in [-0.2, 0) is 11.8 Å². The predicted octanol–water partition coefficient (Wildman–Crippen LogP) is 4.27. The Hall–Kier alpha value is -3.82. The van der Waals surface area contributed by atoms with Crippen molar-refractivity contribution in [2.75, 3.05) is 10.6 Å². The van der Waals surface area contributed by atoms with Crippen LogP contribution in [0.25, 0.3) is 0 Å². The van der Waals surface area contributed by atoms with Crippen molar-refractivity contribution < 1.29 is 18.4 Å². The van der Waals surface area contributed by atoms with Gasteiger partial charge in [0, 0.05) is 30.2 Å². The molecule has 3 aromatic rings. The fourth-order valence-corrected chi connectivity index (χ4v) is 4.28. The van der Waals surface area contributed by atoms with Crippen LogP contribution in [0.2, 0.25) is 0 Å². The molecule has 0 aliphatic heterocycles. The number of aromatic nitrogens is 3. The van der Waals surface area contributed by atoms with E-state index in [9.17, 15) is 18.4 Å². The van der Waals surface area contributed by atoms with Crippen molar-refractivity contribution in [1.29, 1.82) is 0 Å². The number of halogens is 2. The number of alkyl halides is 1. The topological polar surface area (TPSA) is 101 Å². The second-order valence-electron chi connectivity index (χ2n) is 8.94. The highest BCUT2D eigenvalue weighted by atomic mass is 19.1. The van der Waals surface area contributed by atoms with E-state index in [-0.39, 0.29) is 11.6 Å². The van der Waals surface area contributed by atoms with Gasteiger partial charge in [-0.05, 0) is 62.8 Å². The molecule has 184 valence electrons. The van der Waals surface area contributed by atoms with Crippen molar-refractivity contribution in [1.82, 2.24) is 20.1 Å². The Morgan fingerprint density at radius 2 is 2.03 bits per heavy atom. The molecule has 3 atom stereocenters. The molecule has 2 amide bonds. The second kappa shape index (κ2) is 10.6. The summed E-state index contributed by atoms with van der Waals surface area (Å²) >= 11 is 0. The number of amides is 2. The average Bonchev–Trinajstić information content (AvgIpc) is 3.43. The van der Waals surface area contributed by atoms with E-state index < -0.39 is 29.8 Å². The van der Waals surface area contributed by atoms with Gasteiger partial charge in [0.05, 0.1) is 23.8 Å². The Morgan fingerprint density at radius 3 is 2.74 bits per heavy atom. The lowest BCUT2D eigenvalue weighted by atomic mass is 9.97. The third kappa shape index (κ3) is 6.40. The van der Waals surface area contributed by atoms with E-state index in [4.69, 9.17) is 0 Å². The minimum absolute atomic E-state index is 0.000791. The lowest BCUT2D eigenvalue weighted by molar-refractivity contribution is -0.118. The Labute approximate surface area is 202 Å². The summed E-state index contributed by atoms with van der Waals surface area (Å²) in [5.74, 6) is -1.36. The number of anilines is 3. The van der Waals surface area contributed by atoms with Crippen molar-refractivity contribution in [2.45, 2.75) is 44.8 Å². The molecule has 3 N–H and O–H groups in total. The van der Waals surface area contributed by atoms with E-state index in [1.54, 1.807) is 55.2 Å². The van der Waals surface area contributed by atoms with Crippen molar-refractivity contribution in [3.63, 3.8) is 0 Å². The van der Waals surface area contributed by atoms with Gasteiger partial charge in [0.1, 0.15) is 12.2 Å². The van der Waals surface area contributed by atoms with Crippen LogP contribution in [0.1, 0.15) is 41.7 Å². The summed E-state index contributed by atoms with van der Waals surface area (Å²) in [5, 5.41) is 12.6. The smallest absolute Gasteiger partial charge is 0.252 e. The molecule has 1 saturated carbocycles. The summed E-state index contributed by atoms with van der Waals surface area (Å²) in [6, 6.07) is 7.28. The van der Waals surface area contributed by atoms with Gasteiger partial charge < -0.3 is 16.0 Å². The summed E-state index contributed by atoms with van der Waals surface area (Å²) in [6.45, 7) is 1.75. The number of hydrogen-bond acceptors (Lipinski definition) is 5. The molecular weight excluding hydrogens is 454 g/mol. The number of nitrogens with zero attached hydrogens (tertiary/aromatic N) is 3. The summed E-state index contributed by atoms with van der Waals surface area (Å²) < 4.78 is 29.4. The molecule has 0 unspecified atom stereocenters. The van der Waals surface area contributed by atoms with Gasteiger partial charge in [-0.2, -0.15) is 5.10 Å². The number of aryl methyl sites for hydroxylation is 2. The zero-order chi connectivity index (χ0) is 24.9. The Kier molecular flexibility index (Phi) is 7.38. The zero-order valence-electron chi connectivity index (χ0n) is 19.6. The maximum atomic E-state index is 14.1. The number of pyridine rings is 1. The number of nitrogens with one attached hydrogen (secondary N) is 3. The molecule has 1 fully saturated rings. The van der Waals surface area contributed by atoms with Gasteiger partial charge >= 0.3 is 0 Å². The molecule has 1 aliphatic rings. The standard InChI is InChI=1S/C25H28F2N6O2/c1-15-8-22(21(27)13-28-15)30-19-5-3-4-17(11-19)24(34)32-23(10-16-6-7-18(26)9-16)25(35)31-20-12-29-33(2)14-20/h3-5,8,11-14,16,18,23H,6-7,9-10H2,1-2H3,(H,28,30)(H,31,35)(H,32,34)/t16-,18+,23-/m0/s1. The van der Waals surface area contributed by atoms with E-state index in [1.807, 2.05) is 0 Å². The fraction of sp³-hybridized carbons (Fsp3) is 0.360. The number of carbonyl (C=O) groups is 2. The first kappa shape index (κ1) is 24.3. The SMILES string of the molecule is Cc1cc(Nc2cccc(C(=O)N[C@@H](C[C@H]3CC[C@@H](F)C3)C(=O)Nc3cnn(C)c3)c2)c(F)cn1. The van der Waals surface area contributed by atoms with Gasteiger partial charge in [0.25, 0.3) is 5.91 Å². The Morgan fingerprint density at radius 1 is 1.20 bits per heavy atom. The molecular formula is C25H28F2N6O2. The fourth-order valence-electron chi connectivity index (χ4n) is 4.28. The molecule has 0 radical (unpaired) electrons. The minimum Gasteiger partial charge on any atom is -0.353 e. The highest BCUT2D eigenvalue weighted by molar-refractivity contribution is 6.01. The molecule has 1 aromatic carbocycles. The molecule has 8 nitrogen and oxygen atoms in total. The van der Waals surface area contributed by atoms with E-state index in [1.165, 1.54) is 6.20 Å². The van der Waals surface area contributed by atoms with Crippen LogP contribution >= 0.6 is 0 Å². The second-order valence-corrected chi connectivity index (χ2v) is 8.94. The highest BCUT2D eigenvalue weighted by Gasteiger charge is 2.31. The monoisotopic (exact) mass is 482 g/mol. The maximum Gasteiger partial charge on any atom is 0.252 e. The van der Waals surface area contributed by atoms with Crippen LogP contribution in [0, 0.1) is 18.7 Å². The van der Waals surface area contributed by atoms with Crippen LogP contribution in [0.3, 0.4) is 0 Å². The third-order valence-electron chi connectivity index (χ3n) is 6.04. The van der Waals surface area contributed by atoms with E-state index >= 15 is 0 Å². The van der Waals surface area contributed by atoms with Crippen LogP contribution < -0.4 is 16.0 Å². The van der Waals surface area contributed by atoms with Gasteiger partial charge in [-0.25, -0.2) is 8.78 Å². The normalized spacial score (nSPS) is 18.2. The first-order chi connectivity index (χ1) is 16.8. The number of benzene rings is 1. The largest absolute Gasteiger partial charge is 0.353 e. The van der Waals surface area contributed by atoms with Crippen LogP contribution in [0.4, 0.5) is 25.8 Å². The molecule has 2 aromatic heterocycles. The van der Waals surface area contributed by atoms with Crippen LogP contribution in [0.15, 0.2) is 48.9 Å². The van der Waals surface area contributed by atoms with E-state index in [0.717, 1.165) is 6.20 Å². The van der Waals surface area contributed by atoms with E-state index in [2.05, 4.69) is 26.0 Å². The summed E-state index contributed by atoms with van der Waals surface area (Å²) in [4.78, 5) is 30.0. The first-order valence-corrected chi connectivity index (χ1v) is 11.5. The summed E-state index contributed by atoms with van der Waals surface area (Å²) in [5.41, 5.74) is 2.20. The third-order valence-corrected chi connectivity index (χ3v) is 6.04. The van der Waals surface area contributed by atoms with E-state index in [0.29, 0.717) is 48.3 Å². The number of rotatable bonds is 8. The molecule has 0 saturated heterocycles. The molecule has 10 heteroatoms. The van der Waals surface area contributed by atoms with Crippen molar-refractivity contribution in [3.8, 4) is 0 Å². The zero-order valence-corrected chi connectivity index (χ0v) is 19.6.